The van der Waals surface area contributed by atoms with Gasteiger partial charge in [0, 0.05) is 10.9 Å². The number of β-amino-alcohol motifs (C(OH)–C–C–N with tert-alkyl or cyclic N) is 1. The van der Waals surface area contributed by atoms with Crippen LogP contribution in [0.3, 0.4) is 0 Å². The number of amides is 1. The van der Waals surface area contributed by atoms with Crippen LogP contribution in [0.2, 0.25) is 0 Å². The van der Waals surface area contributed by atoms with Crippen LogP contribution in [-0.2, 0) is 0 Å². The normalized spacial score (nSPS) is 14.5. The number of rotatable bonds is 3. The lowest BCUT2D eigenvalue weighted by molar-refractivity contribution is 0.0969. The first-order valence-electron chi connectivity index (χ1n) is 7.42. The van der Waals surface area contributed by atoms with E-state index in [-0.39, 0.29) is 12.5 Å². The van der Waals surface area contributed by atoms with Crippen LogP contribution in [0, 0.1) is 5.82 Å². The molecule has 1 heterocycles. The second-order valence-electron chi connectivity index (χ2n) is 5.67. The number of aliphatic hydroxyl groups is 1. The van der Waals surface area contributed by atoms with Crippen molar-refractivity contribution >= 4 is 22.4 Å². The van der Waals surface area contributed by atoms with E-state index in [1.807, 2.05) is 30.3 Å². The molecule has 0 bridgehead atoms. The maximum absolute atomic E-state index is 13.3. The van der Waals surface area contributed by atoms with Crippen molar-refractivity contribution in [3.63, 3.8) is 0 Å². The molecule has 0 spiro atoms. The minimum absolute atomic E-state index is 0.0933. The monoisotopic (exact) mass is 307 g/mol. The highest BCUT2D eigenvalue weighted by molar-refractivity contribution is 6.25. The highest BCUT2D eigenvalue weighted by Gasteiger charge is 2.31. The molecule has 1 atom stereocenters. The number of benzene rings is 3. The third kappa shape index (κ3) is 2.19. The number of anilines is 1. The lowest BCUT2D eigenvalue weighted by Crippen LogP contribution is -2.31. The zero-order valence-corrected chi connectivity index (χ0v) is 12.2. The molecule has 1 aliphatic heterocycles. The summed E-state index contributed by atoms with van der Waals surface area (Å²) in [7, 11) is 0. The molecule has 3 nitrogen and oxygen atoms in total. The van der Waals surface area contributed by atoms with E-state index in [2.05, 4.69) is 0 Å². The number of hydrogen-bond acceptors (Lipinski definition) is 2. The van der Waals surface area contributed by atoms with Gasteiger partial charge < -0.3 is 10.0 Å². The summed E-state index contributed by atoms with van der Waals surface area (Å²) in [6.45, 7) is 0.0933. The van der Waals surface area contributed by atoms with Crippen molar-refractivity contribution < 1.29 is 14.3 Å². The average Bonchev–Trinajstić information content (AvgIpc) is 2.83. The molecule has 1 aliphatic rings. The summed E-state index contributed by atoms with van der Waals surface area (Å²) in [6, 6.07) is 17.2. The molecule has 0 fully saturated rings. The second kappa shape index (κ2) is 5.18. The molecular formula is C19H14FNO2. The predicted molar refractivity (Wildman–Crippen MR) is 87.0 cm³/mol. The Hall–Kier alpha value is -2.72. The minimum atomic E-state index is -0.945. The molecule has 1 amide bonds. The van der Waals surface area contributed by atoms with Gasteiger partial charge in [-0.3, -0.25) is 4.79 Å². The maximum Gasteiger partial charge on any atom is 0.259 e. The van der Waals surface area contributed by atoms with Gasteiger partial charge in [-0.25, -0.2) is 4.39 Å². The van der Waals surface area contributed by atoms with Crippen LogP contribution in [-0.4, -0.2) is 17.6 Å². The van der Waals surface area contributed by atoms with Gasteiger partial charge in [0.2, 0.25) is 0 Å². The first kappa shape index (κ1) is 13.9. The summed E-state index contributed by atoms with van der Waals surface area (Å²) < 4.78 is 13.3. The Labute approximate surface area is 132 Å². The Kier molecular flexibility index (Phi) is 3.13. The molecule has 0 aliphatic carbocycles. The summed E-state index contributed by atoms with van der Waals surface area (Å²) >= 11 is 0. The summed E-state index contributed by atoms with van der Waals surface area (Å²) in [5, 5.41) is 12.3. The SMILES string of the molecule is O=C1c2cccc3cccc(c23)N1CC(O)c1cccc(F)c1. The van der Waals surface area contributed by atoms with Gasteiger partial charge in [-0.05, 0) is 35.2 Å². The summed E-state index contributed by atoms with van der Waals surface area (Å²) in [5.74, 6) is -0.535. The topological polar surface area (TPSA) is 40.5 Å². The fourth-order valence-corrected chi connectivity index (χ4v) is 3.15. The molecule has 0 saturated carbocycles. The molecule has 1 unspecified atom stereocenters. The fraction of sp³-hybridized carbons (Fsp3) is 0.105. The zero-order chi connectivity index (χ0) is 16.0. The van der Waals surface area contributed by atoms with Crippen LogP contribution < -0.4 is 4.90 Å². The number of aliphatic hydroxyl groups excluding tert-OH is 1. The molecule has 23 heavy (non-hydrogen) atoms. The molecule has 1 N–H and O–H groups in total. The van der Waals surface area contributed by atoms with Crippen LogP contribution in [0.25, 0.3) is 10.8 Å². The Morgan fingerprint density at radius 2 is 1.78 bits per heavy atom. The van der Waals surface area contributed by atoms with E-state index in [9.17, 15) is 14.3 Å². The van der Waals surface area contributed by atoms with E-state index < -0.39 is 11.9 Å². The molecule has 114 valence electrons. The Balaban J connectivity index is 1.72. The molecule has 3 aromatic carbocycles. The Morgan fingerprint density at radius 1 is 1.04 bits per heavy atom. The number of halogens is 1. The quantitative estimate of drug-likeness (QED) is 0.802. The van der Waals surface area contributed by atoms with E-state index in [0.717, 1.165) is 16.5 Å². The average molecular weight is 307 g/mol. The Morgan fingerprint density at radius 3 is 2.57 bits per heavy atom. The second-order valence-corrected chi connectivity index (χ2v) is 5.67. The van der Waals surface area contributed by atoms with Crippen LogP contribution in [0.4, 0.5) is 10.1 Å². The molecule has 0 saturated heterocycles. The Bertz CT molecular complexity index is 917. The molecule has 3 aromatic rings. The largest absolute Gasteiger partial charge is 0.387 e. The van der Waals surface area contributed by atoms with Gasteiger partial charge >= 0.3 is 0 Å². The summed E-state index contributed by atoms with van der Waals surface area (Å²) in [5.41, 5.74) is 1.89. The third-order valence-electron chi connectivity index (χ3n) is 4.24. The number of hydrogen-bond donors (Lipinski definition) is 1. The number of nitrogens with zero attached hydrogens (tertiary/aromatic N) is 1. The molecule has 4 rings (SSSR count). The van der Waals surface area contributed by atoms with Gasteiger partial charge in [0.25, 0.3) is 5.91 Å². The smallest absolute Gasteiger partial charge is 0.259 e. The van der Waals surface area contributed by atoms with Gasteiger partial charge in [-0.1, -0.05) is 36.4 Å². The van der Waals surface area contributed by atoms with Crippen LogP contribution in [0.15, 0.2) is 60.7 Å². The molecule has 0 aromatic heterocycles. The maximum atomic E-state index is 13.3. The van der Waals surface area contributed by atoms with Gasteiger partial charge in [0.05, 0.1) is 18.3 Å². The van der Waals surface area contributed by atoms with Gasteiger partial charge in [-0.15, -0.1) is 0 Å². The van der Waals surface area contributed by atoms with Crippen molar-refractivity contribution in [3.05, 3.63) is 77.6 Å². The van der Waals surface area contributed by atoms with E-state index >= 15 is 0 Å². The lowest BCUT2D eigenvalue weighted by atomic mass is 10.1. The summed E-state index contributed by atoms with van der Waals surface area (Å²) in [6.07, 6.45) is -0.945. The molecular weight excluding hydrogens is 293 g/mol. The fourth-order valence-electron chi connectivity index (χ4n) is 3.15. The van der Waals surface area contributed by atoms with E-state index in [0.29, 0.717) is 11.1 Å². The number of carbonyl (C=O) groups is 1. The van der Waals surface area contributed by atoms with E-state index in [1.165, 1.54) is 12.1 Å². The first-order valence-corrected chi connectivity index (χ1v) is 7.42. The van der Waals surface area contributed by atoms with Gasteiger partial charge in [0.1, 0.15) is 5.82 Å². The highest BCUT2D eigenvalue weighted by Crippen LogP contribution is 2.38. The summed E-state index contributed by atoms with van der Waals surface area (Å²) in [4.78, 5) is 14.2. The van der Waals surface area contributed by atoms with Crippen molar-refractivity contribution in [2.24, 2.45) is 0 Å². The first-order chi connectivity index (χ1) is 11.1. The van der Waals surface area contributed by atoms with Gasteiger partial charge in [0.15, 0.2) is 0 Å². The molecule has 4 heteroatoms. The number of carbonyl (C=O) groups excluding carboxylic acids is 1. The van der Waals surface area contributed by atoms with Crippen molar-refractivity contribution in [2.45, 2.75) is 6.10 Å². The van der Waals surface area contributed by atoms with Crippen LogP contribution in [0.1, 0.15) is 22.0 Å². The van der Waals surface area contributed by atoms with Crippen molar-refractivity contribution in [1.82, 2.24) is 0 Å². The third-order valence-corrected chi connectivity index (χ3v) is 4.24. The van der Waals surface area contributed by atoms with E-state index in [4.69, 9.17) is 0 Å². The highest BCUT2D eigenvalue weighted by atomic mass is 19.1. The zero-order valence-electron chi connectivity index (χ0n) is 12.2. The molecule has 0 radical (unpaired) electrons. The van der Waals surface area contributed by atoms with Crippen LogP contribution >= 0.6 is 0 Å². The van der Waals surface area contributed by atoms with Crippen molar-refractivity contribution in [3.8, 4) is 0 Å². The van der Waals surface area contributed by atoms with E-state index in [1.54, 1.807) is 23.1 Å². The minimum Gasteiger partial charge on any atom is -0.387 e. The van der Waals surface area contributed by atoms with Crippen molar-refractivity contribution in [1.29, 1.82) is 0 Å². The predicted octanol–water partition coefficient (Wildman–Crippen LogP) is 3.67. The standard InChI is InChI=1S/C19H14FNO2/c20-14-7-1-6-13(10-14)17(22)11-21-16-9-3-5-12-4-2-8-15(18(12)16)19(21)23/h1-10,17,22H,11H2. The van der Waals surface area contributed by atoms with Crippen LogP contribution in [0.5, 0.6) is 0 Å². The van der Waals surface area contributed by atoms with Gasteiger partial charge in [-0.2, -0.15) is 0 Å². The lowest BCUT2D eigenvalue weighted by Gasteiger charge is -2.21. The van der Waals surface area contributed by atoms with Crippen molar-refractivity contribution in [2.75, 3.05) is 11.4 Å².